The van der Waals surface area contributed by atoms with Gasteiger partial charge in [0.1, 0.15) is 0 Å². The molecule has 1 heterocycles. The average molecular weight is 442 g/mol. The molecule has 0 aromatic heterocycles. The molecule has 2 nitrogen and oxygen atoms in total. The topological polar surface area (TPSA) is 3.24 Å². The standard InChI is InChI=1S/C21H35N2.HI/c1-3-23(2)17-15-22(16-18-23)21(20-13-9-6-10-14-20)19-11-7-4-5-8-12-19;/h6,9-10,13-14,19,21H,3-5,7-8,11-12,15-18H2,1-2H3;1H/q+1;/p-1. The maximum atomic E-state index is 2.82. The van der Waals surface area contributed by atoms with E-state index in [1.165, 1.54) is 75.7 Å². The SMILES string of the molecule is CC[N+]1(C)CCN(C(c2ccccc2)C2CCCCCC2)CC1.[I-]. The third kappa shape index (κ3) is 4.95. The third-order valence-corrected chi connectivity index (χ3v) is 6.50. The minimum absolute atomic E-state index is 0. The predicted octanol–water partition coefficient (Wildman–Crippen LogP) is 1.48. The molecule has 1 aliphatic heterocycles. The summed E-state index contributed by atoms with van der Waals surface area (Å²) in [6.07, 6.45) is 8.62. The third-order valence-electron chi connectivity index (χ3n) is 6.50. The van der Waals surface area contributed by atoms with Crippen molar-refractivity contribution in [1.29, 1.82) is 0 Å². The van der Waals surface area contributed by atoms with Crippen LogP contribution in [0.1, 0.15) is 57.1 Å². The van der Waals surface area contributed by atoms with Gasteiger partial charge in [-0.1, -0.05) is 56.0 Å². The van der Waals surface area contributed by atoms with Crippen LogP contribution in [0.2, 0.25) is 0 Å². The minimum Gasteiger partial charge on any atom is -1.00 e. The van der Waals surface area contributed by atoms with Crippen LogP contribution in [0.25, 0.3) is 0 Å². The fraction of sp³-hybridized carbons (Fsp3) is 0.714. The molecule has 0 radical (unpaired) electrons. The molecule has 1 aliphatic carbocycles. The smallest absolute Gasteiger partial charge is 0.0914 e. The molecule has 0 bridgehead atoms. The van der Waals surface area contributed by atoms with Crippen LogP contribution < -0.4 is 24.0 Å². The zero-order valence-corrected chi connectivity index (χ0v) is 17.7. The maximum Gasteiger partial charge on any atom is 0.0914 e. The van der Waals surface area contributed by atoms with Gasteiger partial charge in [-0.15, -0.1) is 0 Å². The number of quaternary nitrogens is 1. The van der Waals surface area contributed by atoms with Crippen LogP contribution in [0.4, 0.5) is 0 Å². The fourth-order valence-corrected chi connectivity index (χ4v) is 4.62. The van der Waals surface area contributed by atoms with E-state index in [4.69, 9.17) is 0 Å². The van der Waals surface area contributed by atoms with Gasteiger partial charge in [-0.05, 0) is 31.2 Å². The van der Waals surface area contributed by atoms with Gasteiger partial charge >= 0.3 is 0 Å². The maximum absolute atomic E-state index is 2.82. The van der Waals surface area contributed by atoms with Crippen molar-refractivity contribution in [2.45, 2.75) is 51.5 Å². The van der Waals surface area contributed by atoms with E-state index in [-0.39, 0.29) is 24.0 Å². The van der Waals surface area contributed by atoms with Crippen LogP contribution in [0.5, 0.6) is 0 Å². The summed E-state index contributed by atoms with van der Waals surface area (Å²) in [4.78, 5) is 2.82. The van der Waals surface area contributed by atoms with Crippen LogP contribution in [0, 0.1) is 5.92 Å². The van der Waals surface area contributed by atoms with Crippen LogP contribution in [0.15, 0.2) is 30.3 Å². The normalized spacial score (nSPS) is 23.9. The highest BCUT2D eigenvalue weighted by Crippen LogP contribution is 2.38. The summed E-state index contributed by atoms with van der Waals surface area (Å²) in [6, 6.07) is 12.0. The Balaban J connectivity index is 0.00000208. The highest BCUT2D eigenvalue weighted by molar-refractivity contribution is 5.20. The van der Waals surface area contributed by atoms with Crippen LogP contribution >= 0.6 is 0 Å². The first-order chi connectivity index (χ1) is 11.2. The summed E-state index contributed by atoms with van der Waals surface area (Å²) >= 11 is 0. The van der Waals surface area contributed by atoms with Gasteiger partial charge in [0.2, 0.25) is 0 Å². The van der Waals surface area contributed by atoms with Crippen LogP contribution in [-0.4, -0.2) is 49.2 Å². The summed E-state index contributed by atoms with van der Waals surface area (Å²) in [5.41, 5.74) is 1.56. The molecule has 1 aromatic carbocycles. The Labute approximate surface area is 166 Å². The van der Waals surface area contributed by atoms with Crippen molar-refractivity contribution < 1.29 is 28.5 Å². The lowest BCUT2D eigenvalue weighted by Gasteiger charge is -2.46. The molecule has 1 aromatic rings. The number of nitrogens with zero attached hydrogens (tertiary/aromatic N) is 2. The van der Waals surface area contributed by atoms with Crippen molar-refractivity contribution in [2.24, 2.45) is 5.92 Å². The van der Waals surface area contributed by atoms with E-state index in [1.807, 2.05) is 0 Å². The molecule has 136 valence electrons. The number of hydrogen-bond acceptors (Lipinski definition) is 1. The number of likely N-dealkylation sites (N-methyl/N-ethyl adjacent to an activating group) is 1. The molecule has 2 aliphatic rings. The van der Waals surface area contributed by atoms with Crippen molar-refractivity contribution in [3.05, 3.63) is 35.9 Å². The van der Waals surface area contributed by atoms with Crippen LogP contribution in [0.3, 0.4) is 0 Å². The van der Waals surface area contributed by atoms with Crippen LogP contribution in [-0.2, 0) is 0 Å². The summed E-state index contributed by atoms with van der Waals surface area (Å²) in [5, 5.41) is 0. The van der Waals surface area contributed by atoms with Gasteiger partial charge < -0.3 is 28.5 Å². The molecular formula is C21H35IN2. The van der Waals surface area contributed by atoms with Gasteiger partial charge in [-0.2, -0.15) is 0 Å². The molecule has 1 atom stereocenters. The van der Waals surface area contributed by atoms with E-state index in [9.17, 15) is 0 Å². The Hall–Kier alpha value is -0.130. The lowest BCUT2D eigenvalue weighted by Crippen LogP contribution is -3.00. The van der Waals surface area contributed by atoms with Crippen molar-refractivity contribution >= 4 is 0 Å². The molecule has 24 heavy (non-hydrogen) atoms. The first-order valence-electron chi connectivity index (χ1n) is 9.84. The zero-order valence-electron chi connectivity index (χ0n) is 15.6. The molecule has 0 spiro atoms. The number of rotatable bonds is 4. The van der Waals surface area contributed by atoms with Gasteiger partial charge in [0.15, 0.2) is 0 Å². The van der Waals surface area contributed by atoms with Crippen molar-refractivity contribution in [2.75, 3.05) is 39.8 Å². The van der Waals surface area contributed by atoms with E-state index in [0.717, 1.165) is 5.92 Å². The second kappa shape index (κ2) is 9.54. The molecule has 2 fully saturated rings. The number of hydrogen-bond donors (Lipinski definition) is 0. The monoisotopic (exact) mass is 442 g/mol. The van der Waals surface area contributed by atoms with Crippen molar-refractivity contribution in [1.82, 2.24) is 4.90 Å². The van der Waals surface area contributed by atoms with E-state index in [0.29, 0.717) is 6.04 Å². The molecule has 0 N–H and O–H groups in total. The van der Waals surface area contributed by atoms with Gasteiger partial charge in [0.05, 0.1) is 26.7 Å². The number of halogens is 1. The molecule has 3 heteroatoms. The van der Waals surface area contributed by atoms with Gasteiger partial charge in [0.25, 0.3) is 0 Å². The Morgan fingerprint density at radius 1 is 1.00 bits per heavy atom. The lowest BCUT2D eigenvalue weighted by molar-refractivity contribution is -0.912. The van der Waals surface area contributed by atoms with Gasteiger partial charge in [0, 0.05) is 19.1 Å². The molecular weight excluding hydrogens is 407 g/mol. The Bertz CT molecular complexity index is 460. The lowest BCUT2D eigenvalue weighted by atomic mass is 9.85. The highest BCUT2D eigenvalue weighted by Gasteiger charge is 2.35. The summed E-state index contributed by atoms with van der Waals surface area (Å²) in [7, 11) is 2.43. The summed E-state index contributed by atoms with van der Waals surface area (Å²) < 4.78 is 1.25. The fourth-order valence-electron chi connectivity index (χ4n) is 4.62. The zero-order chi connectivity index (χ0) is 16.1. The summed E-state index contributed by atoms with van der Waals surface area (Å²) in [5.74, 6) is 0.860. The largest absolute Gasteiger partial charge is 1.00 e. The predicted molar refractivity (Wildman–Crippen MR) is 98.4 cm³/mol. The summed E-state index contributed by atoms with van der Waals surface area (Å²) in [6.45, 7) is 8.77. The van der Waals surface area contributed by atoms with Gasteiger partial charge in [-0.3, -0.25) is 4.90 Å². The van der Waals surface area contributed by atoms with Gasteiger partial charge in [-0.25, -0.2) is 0 Å². The molecule has 3 rings (SSSR count). The van der Waals surface area contributed by atoms with E-state index in [2.05, 4.69) is 49.2 Å². The van der Waals surface area contributed by atoms with Crippen molar-refractivity contribution in [3.8, 4) is 0 Å². The highest BCUT2D eigenvalue weighted by atomic mass is 127. The molecule has 1 saturated heterocycles. The van der Waals surface area contributed by atoms with E-state index >= 15 is 0 Å². The number of piperazine rings is 1. The average Bonchev–Trinajstić information content (AvgIpc) is 2.87. The Morgan fingerprint density at radius 3 is 2.12 bits per heavy atom. The molecule has 1 saturated carbocycles. The quantitative estimate of drug-likeness (QED) is 0.388. The number of benzene rings is 1. The Kier molecular flexibility index (Phi) is 8.02. The second-order valence-electron chi connectivity index (χ2n) is 8.03. The Morgan fingerprint density at radius 2 is 1.58 bits per heavy atom. The molecule has 1 unspecified atom stereocenters. The molecule has 0 amide bonds. The van der Waals surface area contributed by atoms with E-state index < -0.39 is 0 Å². The van der Waals surface area contributed by atoms with E-state index in [1.54, 1.807) is 5.56 Å². The first kappa shape index (κ1) is 20.2. The first-order valence-corrected chi connectivity index (χ1v) is 9.84. The minimum atomic E-state index is 0. The van der Waals surface area contributed by atoms with Crippen molar-refractivity contribution in [3.63, 3.8) is 0 Å². The second-order valence-corrected chi connectivity index (χ2v) is 8.03.